The van der Waals surface area contributed by atoms with E-state index in [1.54, 1.807) is 56.4 Å². The Balaban J connectivity index is 1.64. The number of aromatic nitrogens is 1. The number of pyridine rings is 1. The normalized spacial score (nSPS) is 17.3. The van der Waals surface area contributed by atoms with Gasteiger partial charge < -0.3 is 25.4 Å². The third-order valence-corrected chi connectivity index (χ3v) is 10.4. The van der Waals surface area contributed by atoms with Crippen molar-refractivity contribution in [2.24, 2.45) is 5.92 Å². The van der Waals surface area contributed by atoms with Crippen molar-refractivity contribution in [3.63, 3.8) is 0 Å². The molecule has 1 unspecified atom stereocenters. The highest BCUT2D eigenvalue weighted by Crippen LogP contribution is 2.43. The molecule has 1 aliphatic heterocycles. The molecule has 1 saturated heterocycles. The maximum atomic E-state index is 14.7. The van der Waals surface area contributed by atoms with Crippen LogP contribution in [0.25, 0.3) is 10.8 Å². The van der Waals surface area contributed by atoms with E-state index in [9.17, 15) is 22.4 Å². The van der Waals surface area contributed by atoms with Crippen molar-refractivity contribution in [1.82, 2.24) is 9.88 Å². The molecular weight excluding hydrogens is 599 g/mol. The lowest BCUT2D eigenvalue weighted by Crippen LogP contribution is -2.40. The molecule has 2 heterocycles. The lowest BCUT2D eigenvalue weighted by Gasteiger charge is -2.33. The van der Waals surface area contributed by atoms with Gasteiger partial charge in [0.05, 0.1) is 36.3 Å². The van der Waals surface area contributed by atoms with Crippen LogP contribution in [0.3, 0.4) is 0 Å². The third kappa shape index (κ3) is 6.02. The number of fused-ring (bicyclic) bond motifs is 1. The van der Waals surface area contributed by atoms with Gasteiger partial charge in [0.25, 0.3) is 0 Å². The van der Waals surface area contributed by atoms with Crippen LogP contribution in [0.15, 0.2) is 77.8 Å². The van der Waals surface area contributed by atoms with Crippen LogP contribution < -0.4 is 15.8 Å². The summed E-state index contributed by atoms with van der Waals surface area (Å²) < 4.78 is 51.7. The predicted octanol–water partition coefficient (Wildman–Crippen LogP) is 5.06. The Labute approximate surface area is 261 Å². The second-order valence-electron chi connectivity index (χ2n) is 11.1. The Morgan fingerprint density at radius 2 is 1.82 bits per heavy atom. The van der Waals surface area contributed by atoms with E-state index in [1.165, 1.54) is 43.4 Å². The van der Waals surface area contributed by atoms with Crippen LogP contribution in [-0.2, 0) is 24.2 Å². The summed E-state index contributed by atoms with van der Waals surface area (Å²) in [5, 5.41) is 4.06. The maximum absolute atomic E-state index is 14.7. The number of esters is 1. The van der Waals surface area contributed by atoms with Crippen molar-refractivity contribution in [3.8, 4) is 5.75 Å². The third-order valence-electron chi connectivity index (χ3n) is 8.21. The predicted molar refractivity (Wildman–Crippen MR) is 169 cm³/mol. The number of benzene rings is 3. The molecule has 3 N–H and O–H groups in total. The van der Waals surface area contributed by atoms with Gasteiger partial charge in [0, 0.05) is 23.8 Å². The number of amides is 1. The van der Waals surface area contributed by atoms with Crippen LogP contribution in [0.2, 0.25) is 0 Å². The molecule has 3 atom stereocenters. The number of rotatable bonds is 9. The summed E-state index contributed by atoms with van der Waals surface area (Å²) in [6.07, 6.45) is 1.83. The highest BCUT2D eigenvalue weighted by Gasteiger charge is 2.46. The van der Waals surface area contributed by atoms with Gasteiger partial charge in [-0.3, -0.25) is 9.59 Å². The second kappa shape index (κ2) is 12.7. The van der Waals surface area contributed by atoms with E-state index in [4.69, 9.17) is 15.2 Å². The number of carbonyl (C=O) groups excluding carboxylic acids is 2. The first-order valence-corrected chi connectivity index (χ1v) is 16.0. The van der Waals surface area contributed by atoms with Crippen molar-refractivity contribution in [2.45, 2.75) is 42.5 Å². The Hall–Kier alpha value is -4.71. The number of carbonyl (C=O) groups is 2. The number of nitrogens with one attached hydrogen (secondary N) is 1. The fraction of sp³-hybridized carbons (Fsp3) is 0.303. The van der Waals surface area contributed by atoms with Gasteiger partial charge in [-0.15, -0.1) is 0 Å². The average molecular weight is 635 g/mol. The molecule has 4 aromatic rings. The van der Waals surface area contributed by atoms with Crippen LogP contribution in [-0.4, -0.2) is 56.2 Å². The first-order chi connectivity index (χ1) is 21.5. The minimum atomic E-state index is -3.79. The number of hydrogen-bond acceptors (Lipinski definition) is 9. The van der Waals surface area contributed by atoms with Crippen LogP contribution in [0.4, 0.5) is 15.9 Å². The molecule has 0 spiro atoms. The van der Waals surface area contributed by atoms with E-state index in [1.807, 2.05) is 6.07 Å². The molecule has 0 radical (unpaired) electrons. The number of nitrogens with zero attached hydrogens (tertiary/aromatic N) is 2. The molecule has 10 nitrogen and oxygen atoms in total. The molecule has 0 saturated carbocycles. The highest BCUT2D eigenvalue weighted by molar-refractivity contribution is 7.92. The summed E-state index contributed by atoms with van der Waals surface area (Å²) in [5.41, 5.74) is 7.33. The van der Waals surface area contributed by atoms with Crippen molar-refractivity contribution in [1.29, 1.82) is 0 Å². The fourth-order valence-corrected chi connectivity index (χ4v) is 7.12. The fourth-order valence-electron chi connectivity index (χ4n) is 5.83. The van der Waals surface area contributed by atoms with Crippen LogP contribution in [0.5, 0.6) is 5.75 Å². The molecular formula is C33H35FN4O6S. The summed E-state index contributed by atoms with van der Waals surface area (Å²) in [4.78, 5) is 33.4. The van der Waals surface area contributed by atoms with Crippen molar-refractivity contribution >= 4 is 44.0 Å². The lowest BCUT2D eigenvalue weighted by atomic mass is 9.93. The van der Waals surface area contributed by atoms with Gasteiger partial charge in [-0.05, 0) is 79.2 Å². The molecule has 5 rings (SSSR count). The molecule has 45 heavy (non-hydrogen) atoms. The molecule has 0 aliphatic carbocycles. The van der Waals surface area contributed by atoms with Crippen molar-refractivity contribution in [2.75, 3.05) is 31.8 Å². The number of halogens is 1. The summed E-state index contributed by atoms with van der Waals surface area (Å²) in [5.74, 6) is -2.12. The van der Waals surface area contributed by atoms with E-state index < -0.39 is 50.8 Å². The minimum absolute atomic E-state index is 0.0484. The van der Waals surface area contributed by atoms with Crippen LogP contribution >= 0.6 is 0 Å². The molecule has 0 bridgehead atoms. The number of sulfone groups is 1. The number of anilines is 2. The molecule has 1 aromatic heterocycles. The van der Waals surface area contributed by atoms with Gasteiger partial charge in [-0.25, -0.2) is 17.8 Å². The van der Waals surface area contributed by atoms with Crippen molar-refractivity contribution in [3.05, 3.63) is 89.9 Å². The zero-order chi connectivity index (χ0) is 32.5. The molecule has 3 aromatic carbocycles. The largest absolute Gasteiger partial charge is 0.494 e. The number of ether oxygens (including phenoxy) is 2. The van der Waals surface area contributed by atoms with Crippen molar-refractivity contribution < 1.29 is 31.9 Å². The zero-order valence-electron chi connectivity index (χ0n) is 25.4. The van der Waals surface area contributed by atoms with Gasteiger partial charge in [-0.1, -0.05) is 24.3 Å². The second-order valence-corrected chi connectivity index (χ2v) is 13.6. The number of nitrogens with two attached hydrogens (primary N) is 1. The van der Waals surface area contributed by atoms with Gasteiger partial charge >= 0.3 is 5.97 Å². The first-order valence-electron chi connectivity index (χ1n) is 14.4. The molecule has 12 heteroatoms. The smallest absolute Gasteiger partial charge is 0.311 e. The number of nitrogen functional groups attached to an aromatic ring is 1. The lowest BCUT2D eigenvalue weighted by molar-refractivity contribution is -0.147. The average Bonchev–Trinajstić information content (AvgIpc) is 3.48. The molecule has 1 aliphatic rings. The Bertz CT molecular complexity index is 1870. The van der Waals surface area contributed by atoms with Gasteiger partial charge in [0.1, 0.15) is 11.9 Å². The molecule has 1 fully saturated rings. The van der Waals surface area contributed by atoms with E-state index in [0.717, 1.165) is 10.8 Å². The number of methoxy groups -OCH3 is 2. The van der Waals surface area contributed by atoms with E-state index in [-0.39, 0.29) is 23.6 Å². The van der Waals surface area contributed by atoms with Crippen LogP contribution in [0, 0.1) is 11.7 Å². The minimum Gasteiger partial charge on any atom is -0.494 e. The van der Waals surface area contributed by atoms with Gasteiger partial charge in [-0.2, -0.15) is 0 Å². The number of likely N-dealkylation sites (tertiary alicyclic amines) is 1. The van der Waals surface area contributed by atoms with E-state index in [0.29, 0.717) is 22.6 Å². The monoisotopic (exact) mass is 634 g/mol. The maximum Gasteiger partial charge on any atom is 0.311 e. The standard InChI is InChI=1S/C33H35FN4O6S/c1-19(2)45(41,42)28-8-6-5-7-24(28)30-25(33(40)44-4)14-16-38(30)32(39)29(21-9-12-26(34)27(18-21)43-3)37-22-10-11-23-20(17-22)13-15-36-31(23)35/h5-13,15,17-19,25,29-30,37H,14,16H2,1-4H3,(H2,35,36)/t25-,29?,30-/m0/s1. The summed E-state index contributed by atoms with van der Waals surface area (Å²) >= 11 is 0. The zero-order valence-corrected chi connectivity index (χ0v) is 26.2. The Morgan fingerprint density at radius 1 is 1.07 bits per heavy atom. The molecule has 1 amide bonds. The SMILES string of the molecule is COC(=O)[C@H]1CCN(C(=O)C(Nc2ccc3c(N)nccc3c2)c2ccc(F)c(OC)c2)[C@H]1c1ccccc1S(=O)(=O)C(C)C. The molecule has 236 valence electrons. The number of hydrogen-bond donors (Lipinski definition) is 2. The van der Waals surface area contributed by atoms with Crippen LogP contribution in [0.1, 0.15) is 43.5 Å². The summed E-state index contributed by atoms with van der Waals surface area (Å²) in [6.45, 7) is 3.31. The summed E-state index contributed by atoms with van der Waals surface area (Å²) in [7, 11) is -1.20. The Kier molecular flexibility index (Phi) is 8.96. The van der Waals surface area contributed by atoms with Gasteiger partial charge in [0.15, 0.2) is 21.4 Å². The highest BCUT2D eigenvalue weighted by atomic mass is 32.2. The van der Waals surface area contributed by atoms with E-state index >= 15 is 0 Å². The quantitative estimate of drug-likeness (QED) is 0.242. The van der Waals surface area contributed by atoms with E-state index in [2.05, 4.69) is 10.3 Å². The first kappa shape index (κ1) is 31.7. The Morgan fingerprint density at radius 3 is 2.53 bits per heavy atom. The van der Waals surface area contributed by atoms with Gasteiger partial charge in [0.2, 0.25) is 5.91 Å². The summed E-state index contributed by atoms with van der Waals surface area (Å²) in [6, 6.07) is 15.7. The topological polar surface area (TPSA) is 141 Å².